The molecule has 1 aromatic carbocycles. The number of carbonyl (C=O) groups excluding carboxylic acids is 3. The second kappa shape index (κ2) is 9.56. The maximum Gasteiger partial charge on any atom is 0.324 e. The van der Waals surface area contributed by atoms with Gasteiger partial charge in [0.15, 0.2) is 0 Å². The van der Waals surface area contributed by atoms with Gasteiger partial charge in [-0.15, -0.1) is 0 Å². The molecule has 5 rings (SSSR count). The second-order valence-electron chi connectivity index (χ2n) is 9.63. The number of likely N-dealkylation sites (tertiary alicyclic amines) is 1. The molecule has 4 amide bonds. The highest BCUT2D eigenvalue weighted by Crippen LogP contribution is 2.35. The Labute approximate surface area is 203 Å². The Hall–Kier alpha value is -3.62. The van der Waals surface area contributed by atoms with Crippen molar-refractivity contribution >= 4 is 17.8 Å². The molecule has 1 N–H and O–H groups in total. The summed E-state index contributed by atoms with van der Waals surface area (Å²) in [7, 11) is 1.60. The van der Waals surface area contributed by atoms with E-state index in [2.05, 4.69) is 5.32 Å². The molecule has 4 heterocycles. The van der Waals surface area contributed by atoms with Gasteiger partial charge >= 0.3 is 6.03 Å². The molecule has 2 saturated heterocycles. The number of methoxy groups -OCH3 is 1. The average Bonchev–Trinajstić information content (AvgIpc) is 3.14. The summed E-state index contributed by atoms with van der Waals surface area (Å²) in [5.41, 5.74) is 2.02. The number of hydrogen-bond donors (Lipinski definition) is 1. The summed E-state index contributed by atoms with van der Waals surface area (Å²) in [4.78, 5) is 53.5. The summed E-state index contributed by atoms with van der Waals surface area (Å²) in [6.07, 6.45) is 2.01. The van der Waals surface area contributed by atoms with Crippen molar-refractivity contribution in [1.82, 2.24) is 19.7 Å². The second-order valence-corrected chi connectivity index (χ2v) is 9.63. The van der Waals surface area contributed by atoms with Gasteiger partial charge in [0.1, 0.15) is 11.8 Å². The molecule has 2 bridgehead atoms. The Bertz CT molecular complexity index is 1190. The van der Waals surface area contributed by atoms with Crippen molar-refractivity contribution < 1.29 is 19.1 Å². The van der Waals surface area contributed by atoms with Gasteiger partial charge in [-0.25, -0.2) is 4.79 Å². The minimum Gasteiger partial charge on any atom is -0.497 e. The number of carbonyl (C=O) groups is 3. The average molecular weight is 479 g/mol. The molecule has 1 aromatic heterocycles. The number of pyridine rings is 1. The topological polar surface area (TPSA) is 101 Å². The molecule has 2 aromatic rings. The van der Waals surface area contributed by atoms with Crippen LogP contribution in [0.25, 0.3) is 0 Å². The van der Waals surface area contributed by atoms with Crippen LogP contribution in [0.4, 0.5) is 4.79 Å². The number of amides is 4. The molecule has 0 saturated carbocycles. The fourth-order valence-corrected chi connectivity index (χ4v) is 5.54. The zero-order valence-corrected chi connectivity index (χ0v) is 19.8. The van der Waals surface area contributed by atoms with Crippen LogP contribution < -0.4 is 15.6 Å². The van der Waals surface area contributed by atoms with Crippen molar-refractivity contribution in [2.75, 3.05) is 26.7 Å². The number of fused-ring (bicyclic) bond motifs is 4. The molecule has 9 nitrogen and oxygen atoms in total. The van der Waals surface area contributed by atoms with Gasteiger partial charge in [-0.1, -0.05) is 18.2 Å². The fraction of sp³-hybridized carbons (Fsp3) is 0.462. The fourth-order valence-electron chi connectivity index (χ4n) is 5.54. The van der Waals surface area contributed by atoms with E-state index >= 15 is 0 Å². The molecule has 184 valence electrons. The lowest BCUT2D eigenvalue weighted by atomic mass is 9.83. The van der Waals surface area contributed by atoms with Gasteiger partial charge in [0.25, 0.3) is 11.5 Å². The van der Waals surface area contributed by atoms with Crippen LogP contribution in [0.3, 0.4) is 0 Å². The number of urea groups is 1. The van der Waals surface area contributed by atoms with Crippen LogP contribution in [0.15, 0.2) is 47.3 Å². The summed E-state index contributed by atoms with van der Waals surface area (Å²) >= 11 is 0. The first-order valence-electron chi connectivity index (χ1n) is 12.1. The monoisotopic (exact) mass is 478 g/mol. The highest BCUT2D eigenvalue weighted by molar-refractivity contribution is 6.04. The van der Waals surface area contributed by atoms with E-state index in [0.29, 0.717) is 26.1 Å². The number of hydrogen-bond acceptors (Lipinski definition) is 5. The molecule has 3 atom stereocenters. The summed E-state index contributed by atoms with van der Waals surface area (Å²) < 4.78 is 6.99. The predicted molar refractivity (Wildman–Crippen MR) is 128 cm³/mol. The van der Waals surface area contributed by atoms with Gasteiger partial charge in [-0.05, 0) is 48.9 Å². The molecule has 3 unspecified atom stereocenters. The molecular formula is C26H30N4O5. The minimum absolute atomic E-state index is 0.00911. The third kappa shape index (κ3) is 4.67. The number of piperidine rings is 1. The Kier molecular flexibility index (Phi) is 6.32. The Morgan fingerprint density at radius 2 is 1.86 bits per heavy atom. The minimum atomic E-state index is -0.675. The van der Waals surface area contributed by atoms with Crippen LogP contribution in [0.5, 0.6) is 5.75 Å². The third-order valence-corrected chi connectivity index (χ3v) is 7.37. The number of ether oxygens (including phenoxy) is 1. The largest absolute Gasteiger partial charge is 0.497 e. The summed E-state index contributed by atoms with van der Waals surface area (Å²) in [6.45, 7) is 2.12. The lowest BCUT2D eigenvalue weighted by Crippen LogP contribution is -2.49. The van der Waals surface area contributed by atoms with Crippen molar-refractivity contribution in [3.63, 3.8) is 0 Å². The van der Waals surface area contributed by atoms with Gasteiger partial charge < -0.3 is 19.5 Å². The molecular weight excluding hydrogens is 448 g/mol. The Morgan fingerprint density at radius 1 is 1.06 bits per heavy atom. The standard InChI is InChI=1S/C26H30N4O5/c1-35-20-7-5-17(6-8-20)11-12-29-25(33)21(27-26(29)34)9-10-23(31)28-14-18-13-19(16-28)22-3-2-4-24(32)30(22)15-18/h2-8,18-19,21H,9-16H2,1H3,(H,27,34). The van der Waals surface area contributed by atoms with Crippen molar-refractivity contribution in [2.45, 2.75) is 44.2 Å². The van der Waals surface area contributed by atoms with Gasteiger partial charge in [-0.2, -0.15) is 0 Å². The molecule has 35 heavy (non-hydrogen) atoms. The first-order valence-corrected chi connectivity index (χ1v) is 12.1. The first kappa shape index (κ1) is 23.1. The van der Waals surface area contributed by atoms with Crippen LogP contribution in [0.1, 0.15) is 36.4 Å². The molecule has 0 spiro atoms. The number of benzene rings is 1. The van der Waals surface area contributed by atoms with Crippen LogP contribution >= 0.6 is 0 Å². The highest BCUT2D eigenvalue weighted by atomic mass is 16.5. The first-order chi connectivity index (χ1) is 16.9. The lowest BCUT2D eigenvalue weighted by Gasteiger charge is -2.42. The summed E-state index contributed by atoms with van der Waals surface area (Å²) in [6, 6.07) is 11.8. The number of rotatable bonds is 7. The van der Waals surface area contributed by atoms with Gasteiger partial charge in [0.05, 0.1) is 7.11 Å². The van der Waals surface area contributed by atoms with E-state index in [-0.39, 0.29) is 48.6 Å². The van der Waals surface area contributed by atoms with Crippen molar-refractivity contribution in [2.24, 2.45) is 5.92 Å². The summed E-state index contributed by atoms with van der Waals surface area (Å²) in [5.74, 6) is 0.877. The molecule has 3 aliphatic rings. The smallest absolute Gasteiger partial charge is 0.324 e. The quantitative estimate of drug-likeness (QED) is 0.611. The summed E-state index contributed by atoms with van der Waals surface area (Å²) in [5, 5.41) is 2.73. The maximum absolute atomic E-state index is 13.0. The zero-order valence-electron chi connectivity index (χ0n) is 19.8. The van der Waals surface area contributed by atoms with Gasteiger partial charge in [-0.3, -0.25) is 19.3 Å². The van der Waals surface area contributed by atoms with Crippen LogP contribution in [-0.2, 0) is 22.6 Å². The van der Waals surface area contributed by atoms with E-state index in [4.69, 9.17) is 4.74 Å². The zero-order chi connectivity index (χ0) is 24.5. The maximum atomic E-state index is 13.0. The van der Waals surface area contributed by atoms with Crippen molar-refractivity contribution in [3.05, 3.63) is 64.1 Å². The van der Waals surface area contributed by atoms with Crippen LogP contribution in [0, 0.1) is 5.92 Å². The molecule has 2 fully saturated rings. The Balaban J connectivity index is 1.14. The van der Waals surface area contributed by atoms with Crippen molar-refractivity contribution in [3.8, 4) is 5.75 Å². The number of aromatic nitrogens is 1. The number of imide groups is 1. The predicted octanol–water partition coefficient (Wildman–Crippen LogP) is 1.75. The lowest BCUT2D eigenvalue weighted by molar-refractivity contribution is -0.134. The van der Waals surface area contributed by atoms with E-state index < -0.39 is 12.1 Å². The van der Waals surface area contributed by atoms with Gasteiger partial charge in [0, 0.05) is 50.3 Å². The van der Waals surface area contributed by atoms with E-state index in [1.165, 1.54) is 4.90 Å². The molecule has 3 aliphatic heterocycles. The van der Waals surface area contributed by atoms with Gasteiger partial charge in [0.2, 0.25) is 5.91 Å². The van der Waals surface area contributed by atoms with Crippen LogP contribution in [0.2, 0.25) is 0 Å². The highest BCUT2D eigenvalue weighted by Gasteiger charge is 2.39. The van der Waals surface area contributed by atoms with E-state index in [9.17, 15) is 19.2 Å². The Morgan fingerprint density at radius 3 is 2.63 bits per heavy atom. The van der Waals surface area contributed by atoms with Crippen LogP contribution in [-0.4, -0.2) is 65.0 Å². The number of nitrogens with zero attached hydrogens (tertiary/aromatic N) is 3. The third-order valence-electron chi connectivity index (χ3n) is 7.37. The van der Waals surface area contributed by atoms with E-state index in [1.54, 1.807) is 19.2 Å². The molecule has 0 radical (unpaired) electrons. The number of nitrogens with one attached hydrogen (secondary N) is 1. The molecule has 0 aliphatic carbocycles. The van der Waals surface area contributed by atoms with E-state index in [0.717, 1.165) is 23.4 Å². The van der Waals surface area contributed by atoms with E-state index in [1.807, 2.05) is 39.8 Å². The van der Waals surface area contributed by atoms with Crippen molar-refractivity contribution in [1.29, 1.82) is 0 Å². The normalized spacial score (nSPS) is 23.2. The molecule has 9 heteroatoms. The SMILES string of the molecule is COc1ccc(CCN2C(=O)NC(CCC(=O)N3CC4CC(C3)c3cccc(=O)n3C4)C2=O)cc1.